The molecule has 0 heterocycles. The molecule has 12 heavy (non-hydrogen) atoms. The van der Waals surface area contributed by atoms with Crippen molar-refractivity contribution >= 4 is 17.5 Å². The van der Waals surface area contributed by atoms with E-state index in [9.17, 15) is 4.79 Å². The van der Waals surface area contributed by atoms with Crippen molar-refractivity contribution in [2.45, 2.75) is 45.6 Å². The molecule has 0 fully saturated rings. The van der Waals surface area contributed by atoms with Crippen LogP contribution in [0.4, 0.5) is 0 Å². The molecule has 0 aromatic carbocycles. The molecule has 1 N–H and O–H groups in total. The van der Waals surface area contributed by atoms with E-state index in [-0.39, 0.29) is 11.4 Å². The summed E-state index contributed by atoms with van der Waals surface area (Å²) in [6.07, 6.45) is 2.61. The Bertz CT molecular complexity index is 145. The van der Waals surface area contributed by atoms with Crippen LogP contribution in [0.3, 0.4) is 0 Å². The standard InChI is InChI=1S/C9H18ClNO/c1-4-5-6-8(12)11-9(2,3)7-10/h4-7H2,1-3H3,(H,11,12). The second-order valence-corrected chi connectivity index (χ2v) is 3.94. The first kappa shape index (κ1) is 11.8. The lowest BCUT2D eigenvalue weighted by atomic mass is 10.1. The van der Waals surface area contributed by atoms with E-state index in [1.807, 2.05) is 13.8 Å². The summed E-state index contributed by atoms with van der Waals surface area (Å²) in [5.74, 6) is 0.549. The smallest absolute Gasteiger partial charge is 0.220 e. The van der Waals surface area contributed by atoms with E-state index in [2.05, 4.69) is 12.2 Å². The van der Waals surface area contributed by atoms with Gasteiger partial charge in [0.15, 0.2) is 0 Å². The number of rotatable bonds is 5. The molecule has 0 aromatic heterocycles. The summed E-state index contributed by atoms with van der Waals surface area (Å²) in [6.45, 7) is 5.91. The topological polar surface area (TPSA) is 29.1 Å². The molecule has 0 unspecified atom stereocenters. The molecular weight excluding hydrogens is 174 g/mol. The fourth-order valence-corrected chi connectivity index (χ4v) is 0.877. The lowest BCUT2D eigenvalue weighted by Gasteiger charge is -2.23. The van der Waals surface area contributed by atoms with Gasteiger partial charge in [0.1, 0.15) is 0 Å². The van der Waals surface area contributed by atoms with Gasteiger partial charge in [-0.2, -0.15) is 0 Å². The molecule has 0 saturated heterocycles. The molecule has 0 spiro atoms. The molecule has 2 nitrogen and oxygen atoms in total. The zero-order chi connectivity index (χ0) is 9.61. The Morgan fingerprint density at radius 2 is 2.08 bits per heavy atom. The van der Waals surface area contributed by atoms with E-state index in [0.717, 1.165) is 12.8 Å². The fourth-order valence-electron chi connectivity index (χ4n) is 0.811. The monoisotopic (exact) mass is 191 g/mol. The van der Waals surface area contributed by atoms with E-state index >= 15 is 0 Å². The van der Waals surface area contributed by atoms with E-state index in [0.29, 0.717) is 12.3 Å². The van der Waals surface area contributed by atoms with Crippen LogP contribution in [0.2, 0.25) is 0 Å². The highest BCUT2D eigenvalue weighted by atomic mass is 35.5. The van der Waals surface area contributed by atoms with Crippen molar-refractivity contribution in [2.75, 3.05) is 5.88 Å². The van der Waals surface area contributed by atoms with E-state index < -0.39 is 0 Å². The summed E-state index contributed by atoms with van der Waals surface area (Å²) in [4.78, 5) is 11.2. The second-order valence-electron chi connectivity index (χ2n) is 3.67. The van der Waals surface area contributed by atoms with Gasteiger partial charge in [-0.05, 0) is 20.3 Å². The summed E-state index contributed by atoms with van der Waals surface area (Å²) in [5.41, 5.74) is -0.271. The van der Waals surface area contributed by atoms with Crippen LogP contribution in [0.5, 0.6) is 0 Å². The van der Waals surface area contributed by atoms with Gasteiger partial charge in [0.05, 0.1) is 0 Å². The maximum absolute atomic E-state index is 11.2. The number of hydrogen-bond acceptors (Lipinski definition) is 1. The van der Waals surface area contributed by atoms with Crippen LogP contribution in [0.25, 0.3) is 0 Å². The van der Waals surface area contributed by atoms with Crippen molar-refractivity contribution in [3.8, 4) is 0 Å². The normalized spacial score (nSPS) is 11.3. The predicted octanol–water partition coefficient (Wildman–Crippen LogP) is 2.31. The van der Waals surface area contributed by atoms with Crippen LogP contribution in [0.15, 0.2) is 0 Å². The minimum absolute atomic E-state index is 0.0995. The van der Waals surface area contributed by atoms with Crippen molar-refractivity contribution in [3.63, 3.8) is 0 Å². The maximum Gasteiger partial charge on any atom is 0.220 e. The van der Waals surface area contributed by atoms with Crippen molar-refractivity contribution < 1.29 is 4.79 Å². The molecule has 0 saturated carbocycles. The largest absolute Gasteiger partial charge is 0.350 e. The Kier molecular flexibility index (Phi) is 5.31. The molecule has 1 amide bonds. The van der Waals surface area contributed by atoms with Gasteiger partial charge in [0.25, 0.3) is 0 Å². The fraction of sp³-hybridized carbons (Fsp3) is 0.889. The van der Waals surface area contributed by atoms with Gasteiger partial charge in [-0.1, -0.05) is 13.3 Å². The summed E-state index contributed by atoms with van der Waals surface area (Å²) in [6, 6.07) is 0. The third-order valence-corrected chi connectivity index (χ3v) is 2.24. The third-order valence-electron chi connectivity index (χ3n) is 1.57. The molecule has 0 aliphatic rings. The van der Waals surface area contributed by atoms with Crippen molar-refractivity contribution in [2.24, 2.45) is 0 Å². The van der Waals surface area contributed by atoms with E-state index in [1.165, 1.54) is 0 Å². The van der Waals surface area contributed by atoms with E-state index in [1.54, 1.807) is 0 Å². The maximum atomic E-state index is 11.2. The van der Waals surface area contributed by atoms with Gasteiger partial charge in [-0.15, -0.1) is 11.6 Å². The first-order valence-electron chi connectivity index (χ1n) is 4.39. The molecule has 0 aliphatic carbocycles. The van der Waals surface area contributed by atoms with Crippen LogP contribution in [0.1, 0.15) is 40.0 Å². The van der Waals surface area contributed by atoms with Crippen molar-refractivity contribution in [1.29, 1.82) is 0 Å². The number of hydrogen-bond donors (Lipinski definition) is 1. The summed E-state index contributed by atoms with van der Waals surface area (Å²) in [5, 5.41) is 2.87. The molecule has 0 radical (unpaired) electrons. The molecule has 72 valence electrons. The lowest BCUT2D eigenvalue weighted by Crippen LogP contribution is -2.44. The number of amides is 1. The number of alkyl halides is 1. The number of carbonyl (C=O) groups is 1. The average molecular weight is 192 g/mol. The Hall–Kier alpha value is -0.240. The number of halogens is 1. The molecule has 3 heteroatoms. The summed E-state index contributed by atoms with van der Waals surface area (Å²) >= 11 is 5.66. The predicted molar refractivity (Wildman–Crippen MR) is 52.5 cm³/mol. The average Bonchev–Trinajstić information content (AvgIpc) is 2.00. The van der Waals surface area contributed by atoms with Gasteiger partial charge < -0.3 is 5.32 Å². The molecule has 0 rings (SSSR count). The third kappa shape index (κ3) is 5.42. The van der Waals surface area contributed by atoms with Crippen LogP contribution < -0.4 is 5.32 Å². The SMILES string of the molecule is CCCCC(=O)NC(C)(C)CCl. The van der Waals surface area contributed by atoms with Crippen molar-refractivity contribution in [3.05, 3.63) is 0 Å². The Balaban J connectivity index is 3.68. The minimum atomic E-state index is -0.271. The highest BCUT2D eigenvalue weighted by Gasteiger charge is 2.17. The highest BCUT2D eigenvalue weighted by molar-refractivity contribution is 6.18. The first-order valence-corrected chi connectivity index (χ1v) is 4.92. The van der Waals surface area contributed by atoms with Crippen LogP contribution >= 0.6 is 11.6 Å². The Morgan fingerprint density at radius 1 is 1.50 bits per heavy atom. The van der Waals surface area contributed by atoms with Gasteiger partial charge in [0, 0.05) is 17.8 Å². The van der Waals surface area contributed by atoms with Gasteiger partial charge in [-0.3, -0.25) is 4.79 Å². The summed E-state index contributed by atoms with van der Waals surface area (Å²) < 4.78 is 0. The summed E-state index contributed by atoms with van der Waals surface area (Å²) in [7, 11) is 0. The number of nitrogens with one attached hydrogen (secondary N) is 1. The minimum Gasteiger partial charge on any atom is -0.350 e. The Labute approximate surface area is 79.7 Å². The molecule has 0 bridgehead atoms. The Morgan fingerprint density at radius 3 is 2.50 bits per heavy atom. The van der Waals surface area contributed by atoms with E-state index in [4.69, 9.17) is 11.6 Å². The second kappa shape index (κ2) is 5.41. The number of carbonyl (C=O) groups excluding carboxylic acids is 1. The molecule has 0 atom stereocenters. The zero-order valence-electron chi connectivity index (χ0n) is 8.11. The van der Waals surface area contributed by atoms with Gasteiger partial charge in [0.2, 0.25) is 5.91 Å². The van der Waals surface area contributed by atoms with Crippen molar-refractivity contribution in [1.82, 2.24) is 5.32 Å². The number of unbranched alkanes of at least 4 members (excludes halogenated alkanes) is 1. The molecule has 0 aromatic rings. The highest BCUT2D eigenvalue weighted by Crippen LogP contribution is 2.05. The van der Waals surface area contributed by atoms with Crippen LogP contribution in [-0.4, -0.2) is 17.3 Å². The van der Waals surface area contributed by atoms with Crippen LogP contribution in [-0.2, 0) is 4.79 Å². The van der Waals surface area contributed by atoms with Crippen LogP contribution in [0, 0.1) is 0 Å². The molecule has 0 aliphatic heterocycles. The molecular formula is C9H18ClNO. The quantitative estimate of drug-likeness (QED) is 0.664. The lowest BCUT2D eigenvalue weighted by molar-refractivity contribution is -0.122. The zero-order valence-corrected chi connectivity index (χ0v) is 8.87. The van der Waals surface area contributed by atoms with Gasteiger partial charge >= 0.3 is 0 Å². The first-order chi connectivity index (χ1) is 5.52. The van der Waals surface area contributed by atoms with Gasteiger partial charge in [-0.25, -0.2) is 0 Å².